The third kappa shape index (κ3) is 6.32. The number of amides is 2. The molecule has 15 heteroatoms. The Kier molecular flexibility index (Phi) is 8.13. The van der Waals surface area contributed by atoms with Gasteiger partial charge >= 0.3 is 12.3 Å². The number of ether oxygens (including phenoxy) is 2. The fourth-order valence-corrected chi connectivity index (χ4v) is 6.05. The highest BCUT2D eigenvalue weighted by atomic mass is 35.5. The number of alkyl halides is 3. The molecular formula is C26H28ClF4N3O6S. The number of sulfonamides is 1. The molecule has 2 N–H and O–H groups in total. The molecule has 224 valence electrons. The predicted molar refractivity (Wildman–Crippen MR) is 142 cm³/mol. The summed E-state index contributed by atoms with van der Waals surface area (Å²) < 4.78 is 92.0. The first-order valence-electron chi connectivity index (χ1n) is 12.6. The molecular weight excluding hydrogens is 594 g/mol. The average Bonchev–Trinajstić information content (AvgIpc) is 2.85. The second-order valence-corrected chi connectivity index (χ2v) is 13.0. The van der Waals surface area contributed by atoms with Crippen molar-refractivity contribution in [1.82, 2.24) is 5.32 Å². The summed E-state index contributed by atoms with van der Waals surface area (Å²) in [5, 5.41) is 4.54. The Hall–Kier alpha value is -3.26. The van der Waals surface area contributed by atoms with Gasteiger partial charge in [-0.05, 0) is 63.1 Å². The number of carbonyl (C=O) groups is 2. The summed E-state index contributed by atoms with van der Waals surface area (Å²) in [5.74, 6) is -0.959. The Morgan fingerprint density at radius 1 is 1.17 bits per heavy atom. The number of anilines is 2. The second-order valence-electron chi connectivity index (χ2n) is 10.7. The minimum atomic E-state index is -4.84. The molecule has 4 rings (SSSR count). The van der Waals surface area contributed by atoms with E-state index in [0.717, 1.165) is 41.8 Å². The molecule has 2 amide bonds. The normalized spacial score (nSPS) is 18.4. The number of benzene rings is 2. The van der Waals surface area contributed by atoms with E-state index >= 15 is 0 Å². The number of carbonyl (C=O) groups excluding carboxylic acids is 2. The molecule has 2 aliphatic rings. The third-order valence-corrected chi connectivity index (χ3v) is 9.21. The van der Waals surface area contributed by atoms with Crippen molar-refractivity contribution < 1.29 is 45.0 Å². The second kappa shape index (κ2) is 10.9. The molecule has 2 aromatic carbocycles. The molecule has 9 nitrogen and oxygen atoms in total. The molecule has 0 bridgehead atoms. The zero-order valence-corrected chi connectivity index (χ0v) is 23.8. The van der Waals surface area contributed by atoms with Crippen LogP contribution in [0.3, 0.4) is 0 Å². The standard InChI is InChI=1S/C26H28ClF4N3O6S/c1-24(2,26(29,30)31)40-23(36)33-15-5-8-21-20(11-15)34(41(37,38)17-6-7-19(28)18(27)12-17)14-16(39-21)13-32-22(35)25(3)9-4-10-25/h5-8,11-12,16H,4,9-10,13-14H2,1-3H3,(H,32,35)(H,33,36)/t16-/m0/s1. The minimum absolute atomic E-state index is 0.0249. The van der Waals surface area contributed by atoms with E-state index in [1.165, 1.54) is 18.2 Å². The number of fused-ring (bicyclic) bond motifs is 1. The summed E-state index contributed by atoms with van der Waals surface area (Å²) in [5.41, 5.74) is -3.44. The topological polar surface area (TPSA) is 114 Å². The summed E-state index contributed by atoms with van der Waals surface area (Å²) in [6.45, 7) is 2.88. The van der Waals surface area contributed by atoms with E-state index in [1.807, 2.05) is 6.92 Å². The van der Waals surface area contributed by atoms with Gasteiger partial charge < -0.3 is 14.8 Å². The highest BCUT2D eigenvalue weighted by molar-refractivity contribution is 7.92. The fraction of sp³-hybridized carbons (Fsp3) is 0.462. The van der Waals surface area contributed by atoms with Crippen LogP contribution in [0.15, 0.2) is 41.3 Å². The van der Waals surface area contributed by atoms with Crippen molar-refractivity contribution in [1.29, 1.82) is 0 Å². The van der Waals surface area contributed by atoms with Crippen molar-refractivity contribution in [3.63, 3.8) is 0 Å². The maximum Gasteiger partial charge on any atom is 0.427 e. The van der Waals surface area contributed by atoms with Crippen LogP contribution in [0, 0.1) is 11.2 Å². The molecule has 0 aromatic heterocycles. The summed E-state index contributed by atoms with van der Waals surface area (Å²) >= 11 is 5.83. The van der Waals surface area contributed by atoms with Crippen LogP contribution >= 0.6 is 11.6 Å². The molecule has 1 fully saturated rings. The maximum absolute atomic E-state index is 13.8. The Bertz CT molecular complexity index is 1460. The van der Waals surface area contributed by atoms with Gasteiger partial charge in [0.2, 0.25) is 11.5 Å². The lowest BCUT2D eigenvalue weighted by Crippen LogP contribution is -2.51. The smallest absolute Gasteiger partial charge is 0.427 e. The molecule has 1 aliphatic heterocycles. The third-order valence-electron chi connectivity index (χ3n) is 7.14. The largest absolute Gasteiger partial charge is 0.484 e. The van der Waals surface area contributed by atoms with Crippen molar-refractivity contribution in [2.75, 3.05) is 22.7 Å². The first-order valence-corrected chi connectivity index (χ1v) is 14.4. The van der Waals surface area contributed by atoms with Crippen molar-refractivity contribution >= 4 is 45.0 Å². The lowest BCUT2D eigenvalue weighted by molar-refractivity contribution is -0.242. The summed E-state index contributed by atoms with van der Waals surface area (Å²) in [4.78, 5) is 24.5. The Morgan fingerprint density at radius 2 is 1.85 bits per heavy atom. The Balaban J connectivity index is 1.63. The number of hydrogen-bond acceptors (Lipinski definition) is 6. The molecule has 0 saturated heterocycles. The van der Waals surface area contributed by atoms with Crippen LogP contribution in [0.25, 0.3) is 0 Å². The Labute approximate surface area is 239 Å². The van der Waals surface area contributed by atoms with Gasteiger partial charge in [0.05, 0.1) is 28.7 Å². The van der Waals surface area contributed by atoms with Crippen LogP contribution in [0.5, 0.6) is 5.75 Å². The zero-order chi connectivity index (χ0) is 30.4. The predicted octanol–water partition coefficient (Wildman–Crippen LogP) is 5.63. The van der Waals surface area contributed by atoms with E-state index < -0.39 is 50.3 Å². The van der Waals surface area contributed by atoms with Gasteiger partial charge in [-0.15, -0.1) is 0 Å². The molecule has 2 aromatic rings. The van der Waals surface area contributed by atoms with E-state index in [9.17, 15) is 35.6 Å². The lowest BCUT2D eigenvalue weighted by Gasteiger charge is -2.38. The van der Waals surface area contributed by atoms with Crippen LogP contribution in [-0.2, 0) is 19.6 Å². The number of nitrogens with one attached hydrogen (secondary N) is 2. The number of halogens is 5. The van der Waals surface area contributed by atoms with E-state index in [-0.39, 0.29) is 41.0 Å². The first kappa shape index (κ1) is 30.7. The van der Waals surface area contributed by atoms with Crippen LogP contribution in [-0.4, -0.2) is 51.4 Å². The highest BCUT2D eigenvalue weighted by Gasteiger charge is 2.51. The van der Waals surface area contributed by atoms with E-state index in [4.69, 9.17) is 16.3 Å². The average molecular weight is 622 g/mol. The number of nitrogens with zero attached hydrogens (tertiary/aromatic N) is 1. The molecule has 41 heavy (non-hydrogen) atoms. The van der Waals surface area contributed by atoms with Gasteiger partial charge in [0.1, 0.15) is 17.7 Å². The van der Waals surface area contributed by atoms with Crippen molar-refractivity contribution in [2.45, 2.75) is 62.8 Å². The van der Waals surface area contributed by atoms with E-state index in [1.54, 1.807) is 0 Å². The summed E-state index contributed by atoms with van der Waals surface area (Å²) in [7, 11) is -4.40. The summed E-state index contributed by atoms with van der Waals surface area (Å²) in [6.07, 6.45) is -4.70. The van der Waals surface area contributed by atoms with Crippen LogP contribution in [0.2, 0.25) is 5.02 Å². The monoisotopic (exact) mass is 621 g/mol. The van der Waals surface area contributed by atoms with Gasteiger partial charge in [-0.25, -0.2) is 17.6 Å². The van der Waals surface area contributed by atoms with Gasteiger partial charge in [-0.1, -0.05) is 24.9 Å². The molecule has 1 atom stereocenters. The van der Waals surface area contributed by atoms with Crippen molar-refractivity contribution in [3.8, 4) is 5.75 Å². The lowest BCUT2D eigenvalue weighted by atomic mass is 9.70. The Morgan fingerprint density at radius 3 is 2.44 bits per heavy atom. The van der Waals surface area contributed by atoms with Gasteiger partial charge in [-0.3, -0.25) is 14.4 Å². The number of hydrogen-bond donors (Lipinski definition) is 2. The minimum Gasteiger partial charge on any atom is -0.484 e. The number of rotatable bonds is 7. The molecule has 0 spiro atoms. The fourth-order valence-electron chi connectivity index (χ4n) is 4.28. The molecule has 1 aliphatic carbocycles. The zero-order valence-electron chi connectivity index (χ0n) is 22.3. The van der Waals surface area contributed by atoms with Gasteiger partial charge in [0.15, 0.2) is 0 Å². The quantitative estimate of drug-likeness (QED) is 0.388. The van der Waals surface area contributed by atoms with E-state index in [0.29, 0.717) is 13.8 Å². The highest BCUT2D eigenvalue weighted by Crippen LogP contribution is 2.42. The van der Waals surface area contributed by atoms with Crippen LogP contribution in [0.1, 0.15) is 40.0 Å². The van der Waals surface area contributed by atoms with Crippen molar-refractivity contribution in [2.24, 2.45) is 5.41 Å². The van der Waals surface area contributed by atoms with Gasteiger partial charge in [0, 0.05) is 11.1 Å². The van der Waals surface area contributed by atoms with Gasteiger partial charge in [0.25, 0.3) is 10.0 Å². The maximum atomic E-state index is 13.8. The molecule has 1 heterocycles. The van der Waals surface area contributed by atoms with Gasteiger partial charge in [-0.2, -0.15) is 13.2 Å². The molecule has 0 unspecified atom stereocenters. The van der Waals surface area contributed by atoms with Crippen LogP contribution < -0.4 is 19.7 Å². The van der Waals surface area contributed by atoms with Crippen molar-refractivity contribution in [3.05, 3.63) is 47.2 Å². The van der Waals surface area contributed by atoms with E-state index in [2.05, 4.69) is 15.4 Å². The molecule has 1 saturated carbocycles. The molecule has 0 radical (unpaired) electrons. The summed E-state index contributed by atoms with van der Waals surface area (Å²) in [6, 6.07) is 6.65. The van der Waals surface area contributed by atoms with Crippen LogP contribution in [0.4, 0.5) is 33.7 Å². The SMILES string of the molecule is CC1(C(=O)NC[C@H]2CN(S(=O)(=O)c3ccc(F)c(Cl)c3)c3cc(NC(=O)OC(C)(C)C(F)(F)F)ccc3O2)CCC1. The first-order chi connectivity index (χ1) is 18.9.